The first kappa shape index (κ1) is 17.6. The van der Waals surface area contributed by atoms with Crippen molar-refractivity contribution < 1.29 is 14.5 Å². The first-order chi connectivity index (χ1) is 11.5. The number of hydrogen-bond donors (Lipinski definition) is 1. The van der Waals surface area contributed by atoms with Crippen LogP contribution in [0.25, 0.3) is 0 Å². The van der Waals surface area contributed by atoms with Crippen LogP contribution in [0.3, 0.4) is 0 Å². The smallest absolute Gasteiger partial charge is 0.277 e. The maximum atomic E-state index is 11.8. The third kappa shape index (κ3) is 4.88. The summed E-state index contributed by atoms with van der Waals surface area (Å²) in [5, 5.41) is 14.7. The zero-order valence-electron chi connectivity index (χ0n) is 12.7. The van der Waals surface area contributed by atoms with Gasteiger partial charge in [0.25, 0.3) is 11.6 Å². The lowest BCUT2D eigenvalue weighted by Gasteiger charge is -2.07. The van der Waals surface area contributed by atoms with Crippen LogP contribution in [0.4, 0.5) is 5.69 Å². The second-order valence-corrected chi connectivity index (χ2v) is 5.61. The van der Waals surface area contributed by atoms with Gasteiger partial charge in [-0.05, 0) is 34.5 Å². The summed E-state index contributed by atoms with van der Waals surface area (Å²) in [5.74, 6) is -0.102. The van der Waals surface area contributed by atoms with Crippen LogP contribution in [-0.2, 0) is 4.79 Å². The first-order valence-corrected chi connectivity index (χ1v) is 7.72. The van der Waals surface area contributed by atoms with Gasteiger partial charge >= 0.3 is 0 Å². The Morgan fingerprint density at radius 1 is 1.29 bits per heavy atom. The molecule has 1 N–H and O–H groups in total. The Bertz CT molecular complexity index is 778. The lowest BCUT2D eigenvalue weighted by Crippen LogP contribution is -2.25. The van der Waals surface area contributed by atoms with Gasteiger partial charge in [0.05, 0.1) is 15.1 Å². The van der Waals surface area contributed by atoms with Gasteiger partial charge in [0.1, 0.15) is 5.75 Å². The maximum absolute atomic E-state index is 11.8. The normalized spacial score (nSPS) is 11.0. The van der Waals surface area contributed by atoms with E-state index in [1.165, 1.54) is 18.2 Å². The van der Waals surface area contributed by atoms with Crippen molar-refractivity contribution in [1.82, 2.24) is 5.43 Å². The van der Waals surface area contributed by atoms with E-state index in [0.717, 1.165) is 5.56 Å². The van der Waals surface area contributed by atoms with E-state index in [1.54, 1.807) is 6.92 Å². The third-order valence-electron chi connectivity index (χ3n) is 3.02. The van der Waals surface area contributed by atoms with E-state index in [0.29, 0.717) is 15.9 Å². The molecule has 2 aromatic rings. The standard InChI is InChI=1S/C16H14BrN3O4/c1-11(12-5-3-2-4-6-12)18-19-16(21)10-24-15-8-7-13(20(22)23)9-14(15)17/h2-9H,10H2,1H3,(H,19,21). The number of carbonyl (C=O) groups is 1. The number of non-ortho nitro benzene ring substituents is 1. The molecular formula is C16H14BrN3O4. The number of amides is 1. The van der Waals surface area contributed by atoms with Gasteiger partial charge in [-0.25, -0.2) is 5.43 Å². The van der Waals surface area contributed by atoms with Crippen LogP contribution < -0.4 is 10.2 Å². The minimum Gasteiger partial charge on any atom is -0.483 e. The summed E-state index contributed by atoms with van der Waals surface area (Å²) >= 11 is 3.17. The van der Waals surface area contributed by atoms with E-state index >= 15 is 0 Å². The molecule has 8 heteroatoms. The number of ether oxygens (including phenoxy) is 1. The number of hydrogen-bond acceptors (Lipinski definition) is 5. The van der Waals surface area contributed by atoms with Gasteiger partial charge in [-0.3, -0.25) is 14.9 Å². The maximum Gasteiger partial charge on any atom is 0.277 e. The number of nitrogens with one attached hydrogen (secondary N) is 1. The number of hydrazone groups is 1. The fraction of sp³-hybridized carbons (Fsp3) is 0.125. The lowest BCUT2D eigenvalue weighted by molar-refractivity contribution is -0.384. The molecule has 0 heterocycles. The highest BCUT2D eigenvalue weighted by Crippen LogP contribution is 2.28. The Morgan fingerprint density at radius 3 is 2.62 bits per heavy atom. The van der Waals surface area contributed by atoms with Crippen molar-refractivity contribution in [3.8, 4) is 5.75 Å². The van der Waals surface area contributed by atoms with Gasteiger partial charge in [0.15, 0.2) is 6.61 Å². The highest BCUT2D eigenvalue weighted by atomic mass is 79.9. The number of halogens is 1. The molecule has 2 aromatic carbocycles. The van der Waals surface area contributed by atoms with E-state index in [-0.39, 0.29) is 12.3 Å². The highest BCUT2D eigenvalue weighted by Gasteiger charge is 2.11. The summed E-state index contributed by atoms with van der Waals surface area (Å²) in [5.41, 5.74) is 3.90. The van der Waals surface area contributed by atoms with Gasteiger partial charge in [0.2, 0.25) is 0 Å². The minimum atomic E-state index is -0.512. The van der Waals surface area contributed by atoms with Gasteiger partial charge in [0, 0.05) is 12.1 Å². The second kappa shape index (κ2) is 8.21. The van der Waals surface area contributed by atoms with Crippen LogP contribution in [0, 0.1) is 10.1 Å². The summed E-state index contributed by atoms with van der Waals surface area (Å²) in [4.78, 5) is 21.9. The Labute approximate surface area is 146 Å². The molecule has 2 rings (SSSR count). The number of rotatable bonds is 6. The van der Waals surface area contributed by atoms with Crippen molar-refractivity contribution in [2.24, 2.45) is 5.10 Å². The largest absolute Gasteiger partial charge is 0.483 e. The Balaban J connectivity index is 1.91. The molecule has 0 aromatic heterocycles. The van der Waals surface area contributed by atoms with Gasteiger partial charge in [-0.1, -0.05) is 30.3 Å². The molecule has 0 aliphatic heterocycles. The number of nitro benzene ring substituents is 1. The summed E-state index contributed by atoms with van der Waals surface area (Å²) in [6, 6.07) is 13.5. The Morgan fingerprint density at radius 2 is 2.00 bits per heavy atom. The molecule has 7 nitrogen and oxygen atoms in total. The van der Waals surface area contributed by atoms with E-state index in [4.69, 9.17) is 4.74 Å². The molecule has 0 radical (unpaired) electrons. The minimum absolute atomic E-state index is 0.0678. The van der Waals surface area contributed by atoms with Gasteiger partial charge in [-0.15, -0.1) is 0 Å². The molecule has 0 atom stereocenters. The zero-order valence-corrected chi connectivity index (χ0v) is 14.3. The molecule has 0 fully saturated rings. The molecular weight excluding hydrogens is 378 g/mol. The topological polar surface area (TPSA) is 93.8 Å². The SMILES string of the molecule is CC(=NNC(=O)COc1ccc([N+](=O)[O-])cc1Br)c1ccccc1. The van der Waals surface area contributed by atoms with Crippen molar-refractivity contribution in [2.45, 2.75) is 6.92 Å². The molecule has 0 saturated heterocycles. The molecule has 0 aliphatic rings. The number of nitro groups is 1. The predicted molar refractivity (Wildman–Crippen MR) is 93.1 cm³/mol. The molecule has 0 unspecified atom stereocenters. The van der Waals surface area contributed by atoms with Crippen LogP contribution in [-0.4, -0.2) is 23.1 Å². The molecule has 1 amide bonds. The van der Waals surface area contributed by atoms with Crippen LogP contribution >= 0.6 is 15.9 Å². The predicted octanol–water partition coefficient (Wildman–Crippen LogP) is 3.28. The van der Waals surface area contributed by atoms with Crippen LogP contribution in [0.2, 0.25) is 0 Å². The number of benzene rings is 2. The average molecular weight is 392 g/mol. The molecule has 0 aliphatic carbocycles. The van der Waals surface area contributed by atoms with Crippen molar-refractivity contribution in [3.63, 3.8) is 0 Å². The molecule has 24 heavy (non-hydrogen) atoms. The van der Waals surface area contributed by atoms with Gasteiger partial charge < -0.3 is 4.74 Å². The van der Waals surface area contributed by atoms with Crippen molar-refractivity contribution in [2.75, 3.05) is 6.61 Å². The fourth-order valence-electron chi connectivity index (χ4n) is 1.79. The Hall–Kier alpha value is -2.74. The van der Waals surface area contributed by atoms with Crippen LogP contribution in [0.5, 0.6) is 5.75 Å². The van der Waals surface area contributed by atoms with Crippen molar-refractivity contribution >= 4 is 33.2 Å². The Kier molecular flexibility index (Phi) is 6.02. The quantitative estimate of drug-likeness (QED) is 0.464. The van der Waals surface area contributed by atoms with Gasteiger partial charge in [-0.2, -0.15) is 5.10 Å². The summed E-state index contributed by atoms with van der Waals surface area (Å²) in [6.07, 6.45) is 0. The van der Waals surface area contributed by atoms with Crippen molar-refractivity contribution in [3.05, 3.63) is 68.7 Å². The highest BCUT2D eigenvalue weighted by molar-refractivity contribution is 9.10. The monoisotopic (exact) mass is 391 g/mol. The van der Waals surface area contributed by atoms with E-state index in [2.05, 4.69) is 26.5 Å². The lowest BCUT2D eigenvalue weighted by atomic mass is 10.1. The zero-order chi connectivity index (χ0) is 17.5. The van der Waals surface area contributed by atoms with E-state index < -0.39 is 10.8 Å². The second-order valence-electron chi connectivity index (χ2n) is 4.76. The van der Waals surface area contributed by atoms with E-state index in [1.807, 2.05) is 30.3 Å². The summed E-state index contributed by atoms with van der Waals surface area (Å²) < 4.78 is 5.72. The molecule has 0 spiro atoms. The fourth-order valence-corrected chi connectivity index (χ4v) is 2.27. The number of nitrogens with zero attached hydrogens (tertiary/aromatic N) is 2. The molecule has 0 bridgehead atoms. The summed E-state index contributed by atoms with van der Waals surface area (Å²) in [6.45, 7) is 1.52. The first-order valence-electron chi connectivity index (χ1n) is 6.92. The molecule has 124 valence electrons. The van der Waals surface area contributed by atoms with Crippen molar-refractivity contribution in [1.29, 1.82) is 0 Å². The average Bonchev–Trinajstić information content (AvgIpc) is 2.59. The molecule has 0 saturated carbocycles. The van der Waals surface area contributed by atoms with Crippen LogP contribution in [0.1, 0.15) is 12.5 Å². The summed E-state index contributed by atoms with van der Waals surface area (Å²) in [7, 11) is 0. The van der Waals surface area contributed by atoms with Crippen LogP contribution in [0.15, 0.2) is 58.1 Å². The third-order valence-corrected chi connectivity index (χ3v) is 3.64. The number of carbonyl (C=O) groups excluding carboxylic acids is 1. The van der Waals surface area contributed by atoms with E-state index in [9.17, 15) is 14.9 Å².